The number of halogens is 1. The van der Waals surface area contributed by atoms with Crippen LogP contribution in [0.4, 0.5) is 10.1 Å². The van der Waals surface area contributed by atoms with Crippen LogP contribution < -0.4 is 5.32 Å². The van der Waals surface area contributed by atoms with Crippen molar-refractivity contribution >= 4 is 5.69 Å². The topological polar surface area (TPSA) is 12.0 Å². The summed E-state index contributed by atoms with van der Waals surface area (Å²) in [6, 6.07) is 6.75. The Hall–Kier alpha value is -1.05. The van der Waals surface area contributed by atoms with Crippen LogP contribution in [-0.4, -0.2) is 6.04 Å². The fourth-order valence-electron chi connectivity index (χ4n) is 0.879. The van der Waals surface area contributed by atoms with Crippen LogP contribution in [0.1, 0.15) is 13.8 Å². The Kier molecular flexibility index (Phi) is 2.47. The van der Waals surface area contributed by atoms with Crippen LogP contribution in [0.25, 0.3) is 0 Å². The van der Waals surface area contributed by atoms with Crippen LogP contribution in [0.15, 0.2) is 24.3 Å². The lowest BCUT2D eigenvalue weighted by atomic mass is 10.4. The molecule has 1 nitrogen and oxygen atoms in total. The molecule has 0 bridgehead atoms. The third kappa shape index (κ3) is 2.58. The predicted molar refractivity (Wildman–Crippen MR) is 45.2 cm³/mol. The van der Waals surface area contributed by atoms with Crippen molar-refractivity contribution in [1.29, 1.82) is 0 Å². The molecular weight excluding hydrogens is 147 g/mol. The Bertz CT molecular complexity index is 216. The molecule has 0 amide bonds. The zero-order valence-corrected chi connectivity index (χ0v) is 6.76. The van der Waals surface area contributed by atoms with Crippen LogP contribution in [0.2, 0.25) is 0 Å². The molecule has 0 heterocycles. The summed E-state index contributed by atoms with van der Waals surface area (Å²) in [6.07, 6.45) is 0. The normalized spacial score (nSPS) is 10.2. The van der Waals surface area contributed by atoms with Crippen molar-refractivity contribution in [2.24, 2.45) is 0 Å². The Morgan fingerprint density at radius 3 is 2.18 bits per heavy atom. The van der Waals surface area contributed by atoms with Crippen LogP contribution in [0.5, 0.6) is 0 Å². The fraction of sp³-hybridized carbons (Fsp3) is 0.333. The second kappa shape index (κ2) is 3.37. The smallest absolute Gasteiger partial charge is 0.123 e. The van der Waals surface area contributed by atoms with Gasteiger partial charge in [-0.1, -0.05) is 0 Å². The Morgan fingerprint density at radius 2 is 1.73 bits per heavy atom. The van der Waals surface area contributed by atoms with E-state index in [1.165, 1.54) is 12.1 Å². The van der Waals surface area contributed by atoms with E-state index in [9.17, 15) is 4.39 Å². The lowest BCUT2D eigenvalue weighted by molar-refractivity contribution is 0.628. The summed E-state index contributed by atoms with van der Waals surface area (Å²) < 4.78 is 12.4. The number of rotatable bonds is 2. The minimum Gasteiger partial charge on any atom is -0.383 e. The average Bonchev–Trinajstić information content (AvgIpc) is 1.93. The standard InChI is InChI=1S/C9H12FN/c1-7(2)11-9-5-3-8(10)4-6-9/h3-7,11H,1-2H3/i3+1,4+1,5+1,6+1,8+1,9+1. The van der Waals surface area contributed by atoms with Gasteiger partial charge in [0, 0.05) is 11.7 Å². The molecule has 0 saturated carbocycles. The molecule has 0 aliphatic carbocycles. The molecule has 11 heavy (non-hydrogen) atoms. The summed E-state index contributed by atoms with van der Waals surface area (Å²) in [5.74, 6) is -0.195. The van der Waals surface area contributed by atoms with Gasteiger partial charge in [-0.3, -0.25) is 0 Å². The molecule has 60 valence electrons. The van der Waals surface area contributed by atoms with E-state index in [2.05, 4.69) is 5.32 Å². The maximum absolute atomic E-state index is 12.4. The first-order valence-corrected chi connectivity index (χ1v) is 3.70. The lowest BCUT2D eigenvalue weighted by Gasteiger charge is -2.08. The van der Waals surface area contributed by atoms with E-state index in [0.29, 0.717) is 6.04 Å². The van der Waals surface area contributed by atoms with Crippen LogP contribution in [0.3, 0.4) is 0 Å². The average molecular weight is 159 g/mol. The number of hydrogen-bond acceptors (Lipinski definition) is 1. The summed E-state index contributed by atoms with van der Waals surface area (Å²) >= 11 is 0. The second-order valence-corrected chi connectivity index (χ2v) is 2.81. The maximum Gasteiger partial charge on any atom is 0.123 e. The van der Waals surface area contributed by atoms with Gasteiger partial charge in [0.05, 0.1) is 0 Å². The van der Waals surface area contributed by atoms with E-state index in [1.807, 2.05) is 13.8 Å². The van der Waals surface area contributed by atoms with Crippen molar-refractivity contribution in [3.63, 3.8) is 0 Å². The molecule has 0 fully saturated rings. The molecule has 0 saturated heterocycles. The van der Waals surface area contributed by atoms with Crippen molar-refractivity contribution in [3.8, 4) is 0 Å². The largest absolute Gasteiger partial charge is 0.383 e. The molecule has 1 rings (SSSR count). The molecule has 0 aliphatic rings. The number of hydrogen-bond donors (Lipinski definition) is 1. The third-order valence-electron chi connectivity index (χ3n) is 1.30. The molecule has 0 spiro atoms. The zero-order valence-electron chi connectivity index (χ0n) is 6.76. The van der Waals surface area contributed by atoms with Gasteiger partial charge < -0.3 is 5.32 Å². The van der Waals surface area contributed by atoms with Crippen molar-refractivity contribution < 1.29 is 4.39 Å². The Morgan fingerprint density at radius 1 is 1.18 bits per heavy atom. The Labute approximate surface area is 66.2 Å². The van der Waals surface area contributed by atoms with Crippen molar-refractivity contribution in [2.45, 2.75) is 19.9 Å². The summed E-state index contributed by atoms with van der Waals surface area (Å²) in [5, 5.41) is 3.17. The molecule has 0 aliphatic heterocycles. The van der Waals surface area contributed by atoms with Gasteiger partial charge in [0.2, 0.25) is 0 Å². The SMILES string of the molecule is CC(C)N[13c]1[13cH][13cH][13c](F)[13cH][13cH]1. The van der Waals surface area contributed by atoms with E-state index >= 15 is 0 Å². The van der Waals surface area contributed by atoms with E-state index in [0.717, 1.165) is 5.69 Å². The summed E-state index contributed by atoms with van der Waals surface area (Å²) in [7, 11) is 0. The first kappa shape index (κ1) is 8.05. The van der Waals surface area contributed by atoms with Gasteiger partial charge in [0.15, 0.2) is 0 Å². The lowest BCUT2D eigenvalue weighted by Crippen LogP contribution is -2.09. The van der Waals surface area contributed by atoms with Gasteiger partial charge in [0.25, 0.3) is 0 Å². The summed E-state index contributed by atoms with van der Waals surface area (Å²) in [4.78, 5) is 0. The fourth-order valence-corrected chi connectivity index (χ4v) is 0.879. The summed E-state index contributed by atoms with van der Waals surface area (Å²) in [5.41, 5.74) is 0.960. The molecular formula is C9H12FN. The predicted octanol–water partition coefficient (Wildman–Crippen LogP) is 2.65. The minimum absolute atomic E-state index is 0.195. The van der Waals surface area contributed by atoms with Crippen LogP contribution in [0, 0.1) is 5.82 Å². The second-order valence-electron chi connectivity index (χ2n) is 2.81. The molecule has 0 unspecified atom stereocenters. The highest BCUT2D eigenvalue weighted by atomic mass is 19.2. The first-order valence-electron chi connectivity index (χ1n) is 3.70. The van der Waals surface area contributed by atoms with Crippen molar-refractivity contribution in [1.82, 2.24) is 0 Å². The van der Waals surface area contributed by atoms with E-state index in [4.69, 9.17) is 0 Å². The molecule has 0 radical (unpaired) electrons. The van der Waals surface area contributed by atoms with Crippen molar-refractivity contribution in [2.75, 3.05) is 5.32 Å². The first-order chi connectivity index (χ1) is 5.18. The molecule has 1 aromatic carbocycles. The van der Waals surface area contributed by atoms with Crippen LogP contribution >= 0.6 is 0 Å². The monoisotopic (exact) mass is 159 g/mol. The number of anilines is 1. The number of nitrogens with one attached hydrogen (secondary N) is 1. The third-order valence-corrected chi connectivity index (χ3v) is 1.30. The molecule has 1 N–H and O–H groups in total. The minimum atomic E-state index is -0.195. The van der Waals surface area contributed by atoms with E-state index in [-0.39, 0.29) is 5.82 Å². The van der Waals surface area contributed by atoms with Gasteiger partial charge in [-0.15, -0.1) is 0 Å². The molecule has 2 heteroatoms. The molecule has 0 atom stereocenters. The molecule has 1 aromatic rings. The Balaban J connectivity index is 2.66. The zero-order chi connectivity index (χ0) is 8.27. The number of benzene rings is 1. The highest BCUT2D eigenvalue weighted by Gasteiger charge is 1.93. The highest BCUT2D eigenvalue weighted by Crippen LogP contribution is 2.08. The summed E-state index contributed by atoms with van der Waals surface area (Å²) in [6.45, 7) is 4.09. The van der Waals surface area contributed by atoms with Gasteiger partial charge in [0.1, 0.15) is 5.82 Å². The highest BCUT2D eigenvalue weighted by molar-refractivity contribution is 5.43. The van der Waals surface area contributed by atoms with Gasteiger partial charge >= 0.3 is 0 Å². The van der Waals surface area contributed by atoms with Gasteiger partial charge in [-0.05, 0) is 38.1 Å². The van der Waals surface area contributed by atoms with Crippen LogP contribution in [-0.2, 0) is 0 Å². The van der Waals surface area contributed by atoms with E-state index < -0.39 is 0 Å². The van der Waals surface area contributed by atoms with Gasteiger partial charge in [-0.25, -0.2) is 4.39 Å². The van der Waals surface area contributed by atoms with Crippen molar-refractivity contribution in [3.05, 3.63) is 30.1 Å². The molecule has 0 aromatic heterocycles. The quantitative estimate of drug-likeness (QED) is 0.699. The van der Waals surface area contributed by atoms with Gasteiger partial charge in [-0.2, -0.15) is 0 Å². The van der Waals surface area contributed by atoms with E-state index in [1.54, 1.807) is 12.1 Å². The maximum atomic E-state index is 12.4.